The molecule has 0 aromatic rings. The Kier molecular flexibility index (Phi) is 5.51. The molecule has 0 fully saturated rings. The molecule has 0 radical (unpaired) electrons. The van der Waals surface area contributed by atoms with E-state index in [4.69, 9.17) is 4.52 Å². The maximum atomic E-state index is 11.0. The molecule has 0 aromatic carbocycles. The average Bonchev–Trinajstić information content (AvgIpc) is 1.98. The molecule has 0 heterocycles. The van der Waals surface area contributed by atoms with Gasteiger partial charge in [0.15, 0.2) is 0 Å². The number of ether oxygens (including phenoxy) is 1. The molecule has 0 aliphatic rings. The van der Waals surface area contributed by atoms with Crippen LogP contribution >= 0.6 is 8.03 Å². The van der Waals surface area contributed by atoms with Crippen LogP contribution in [-0.4, -0.2) is 18.4 Å². The van der Waals surface area contributed by atoms with E-state index in [9.17, 15) is 9.36 Å². The van der Waals surface area contributed by atoms with Crippen molar-refractivity contribution in [3.8, 4) is 0 Å². The Bertz CT molecular complexity index is 190. The van der Waals surface area contributed by atoms with Gasteiger partial charge in [0.2, 0.25) is 0 Å². The third-order valence-electron chi connectivity index (χ3n) is 0.953. The zero-order chi connectivity index (χ0) is 9.56. The van der Waals surface area contributed by atoms with Crippen molar-refractivity contribution in [1.82, 2.24) is 0 Å². The quantitative estimate of drug-likeness (QED) is 0.378. The third kappa shape index (κ3) is 4.99. The van der Waals surface area contributed by atoms with Gasteiger partial charge in [-0.15, -0.1) is 11.1 Å². The SMILES string of the molecule is C=CCO[P+](=O)C(C)OC(C)=O. The molecular weight excluding hydrogens is 179 g/mol. The summed E-state index contributed by atoms with van der Waals surface area (Å²) in [6, 6.07) is 0. The summed E-state index contributed by atoms with van der Waals surface area (Å²) in [6.07, 6.45) is 1.48. The highest BCUT2D eigenvalue weighted by Crippen LogP contribution is 2.29. The Labute approximate surface area is 72.4 Å². The molecule has 0 spiro atoms. The second kappa shape index (κ2) is 5.86. The lowest BCUT2D eigenvalue weighted by molar-refractivity contribution is -0.142. The van der Waals surface area contributed by atoms with E-state index in [2.05, 4.69) is 11.3 Å². The Hall–Kier alpha value is -0.730. The lowest BCUT2D eigenvalue weighted by atomic mass is 10.7. The molecular formula is C7H12O4P+. The summed E-state index contributed by atoms with van der Waals surface area (Å²) in [5.41, 5.74) is 0. The van der Waals surface area contributed by atoms with Crippen molar-refractivity contribution < 1.29 is 18.6 Å². The molecule has 0 bridgehead atoms. The Morgan fingerprint density at radius 3 is 2.75 bits per heavy atom. The van der Waals surface area contributed by atoms with Gasteiger partial charge in [-0.2, -0.15) is 0 Å². The molecule has 12 heavy (non-hydrogen) atoms. The predicted octanol–water partition coefficient (Wildman–Crippen LogP) is 1.84. The molecule has 0 rings (SSSR count). The molecule has 0 N–H and O–H groups in total. The molecule has 68 valence electrons. The topological polar surface area (TPSA) is 52.6 Å². The standard InChI is InChI=1S/C7H12O4P/c1-4-5-10-12(9)7(3)11-6(2)8/h4,7H,1,5H2,2-3H3/q+1. The summed E-state index contributed by atoms with van der Waals surface area (Å²) >= 11 is 0. The van der Waals surface area contributed by atoms with Crippen molar-refractivity contribution in [2.45, 2.75) is 19.7 Å². The highest BCUT2D eigenvalue weighted by molar-refractivity contribution is 7.39. The van der Waals surface area contributed by atoms with E-state index in [1.165, 1.54) is 19.9 Å². The molecule has 4 nitrogen and oxygen atoms in total. The molecule has 0 saturated heterocycles. The first kappa shape index (κ1) is 11.3. The lowest BCUT2D eigenvalue weighted by Crippen LogP contribution is -2.08. The zero-order valence-corrected chi connectivity index (χ0v) is 8.04. The van der Waals surface area contributed by atoms with Gasteiger partial charge < -0.3 is 4.74 Å². The first-order valence-electron chi connectivity index (χ1n) is 3.45. The van der Waals surface area contributed by atoms with Gasteiger partial charge >= 0.3 is 19.8 Å². The van der Waals surface area contributed by atoms with Gasteiger partial charge in [-0.05, 0) is 4.57 Å². The van der Waals surface area contributed by atoms with E-state index < -0.39 is 19.8 Å². The minimum Gasteiger partial charge on any atom is -0.414 e. The second-order valence-electron chi connectivity index (χ2n) is 2.08. The van der Waals surface area contributed by atoms with Gasteiger partial charge in [0.25, 0.3) is 0 Å². The Morgan fingerprint density at radius 1 is 1.75 bits per heavy atom. The van der Waals surface area contributed by atoms with E-state index in [0.29, 0.717) is 0 Å². The van der Waals surface area contributed by atoms with Gasteiger partial charge in [-0.3, -0.25) is 4.79 Å². The summed E-state index contributed by atoms with van der Waals surface area (Å²) in [7, 11) is -1.94. The first-order valence-corrected chi connectivity index (χ1v) is 4.70. The molecule has 0 aliphatic heterocycles. The van der Waals surface area contributed by atoms with Crippen molar-refractivity contribution in [3.63, 3.8) is 0 Å². The monoisotopic (exact) mass is 191 g/mol. The minimum atomic E-state index is -1.94. The number of hydrogen-bond donors (Lipinski definition) is 0. The number of carbonyl (C=O) groups is 1. The van der Waals surface area contributed by atoms with E-state index in [0.717, 1.165) is 0 Å². The highest BCUT2D eigenvalue weighted by Gasteiger charge is 2.30. The summed E-state index contributed by atoms with van der Waals surface area (Å²) in [5.74, 6) is -1.16. The largest absolute Gasteiger partial charge is 0.553 e. The van der Waals surface area contributed by atoms with Crippen LogP contribution in [0.4, 0.5) is 0 Å². The average molecular weight is 191 g/mol. The van der Waals surface area contributed by atoms with Crippen molar-refractivity contribution in [3.05, 3.63) is 12.7 Å². The van der Waals surface area contributed by atoms with Gasteiger partial charge in [0.05, 0.1) is 0 Å². The fraction of sp³-hybridized carbons (Fsp3) is 0.571. The molecule has 2 unspecified atom stereocenters. The smallest absolute Gasteiger partial charge is 0.414 e. The number of hydrogen-bond acceptors (Lipinski definition) is 4. The maximum absolute atomic E-state index is 11.0. The van der Waals surface area contributed by atoms with Crippen LogP contribution < -0.4 is 0 Å². The Morgan fingerprint density at radius 2 is 2.33 bits per heavy atom. The van der Waals surface area contributed by atoms with Crippen LogP contribution in [0.1, 0.15) is 13.8 Å². The van der Waals surface area contributed by atoms with Crippen LogP contribution in [-0.2, 0) is 18.6 Å². The number of esters is 1. The van der Waals surface area contributed by atoms with E-state index in [1.807, 2.05) is 0 Å². The van der Waals surface area contributed by atoms with Crippen LogP contribution in [0.3, 0.4) is 0 Å². The molecule has 0 saturated carbocycles. The summed E-state index contributed by atoms with van der Waals surface area (Å²) in [5, 5.41) is 0. The Balaban J connectivity index is 3.76. The van der Waals surface area contributed by atoms with Crippen LogP contribution in [0.15, 0.2) is 12.7 Å². The number of carbonyl (C=O) groups excluding carboxylic acids is 1. The first-order chi connectivity index (χ1) is 5.57. The van der Waals surface area contributed by atoms with Crippen LogP contribution in [0.25, 0.3) is 0 Å². The van der Waals surface area contributed by atoms with Crippen molar-refractivity contribution in [2.24, 2.45) is 0 Å². The summed E-state index contributed by atoms with van der Waals surface area (Å²) in [6.45, 7) is 6.36. The lowest BCUT2D eigenvalue weighted by Gasteiger charge is -1.98. The molecule has 0 amide bonds. The number of rotatable bonds is 5. The van der Waals surface area contributed by atoms with Gasteiger partial charge in [0, 0.05) is 13.8 Å². The summed E-state index contributed by atoms with van der Waals surface area (Å²) in [4.78, 5) is 10.4. The molecule has 0 aromatic heterocycles. The van der Waals surface area contributed by atoms with E-state index in [-0.39, 0.29) is 6.61 Å². The van der Waals surface area contributed by atoms with Crippen LogP contribution in [0.5, 0.6) is 0 Å². The van der Waals surface area contributed by atoms with Crippen molar-refractivity contribution in [1.29, 1.82) is 0 Å². The van der Waals surface area contributed by atoms with Crippen LogP contribution in [0, 0.1) is 0 Å². The molecule has 2 atom stereocenters. The van der Waals surface area contributed by atoms with Crippen LogP contribution in [0.2, 0.25) is 0 Å². The fourth-order valence-electron chi connectivity index (χ4n) is 0.514. The minimum absolute atomic E-state index is 0.195. The summed E-state index contributed by atoms with van der Waals surface area (Å²) < 4.78 is 20.4. The second-order valence-corrected chi connectivity index (χ2v) is 3.63. The normalized spacial score (nSPS) is 13.3. The van der Waals surface area contributed by atoms with Crippen molar-refractivity contribution >= 4 is 14.0 Å². The fourth-order valence-corrected chi connectivity index (χ4v) is 1.21. The molecule has 0 aliphatic carbocycles. The zero-order valence-electron chi connectivity index (χ0n) is 7.15. The van der Waals surface area contributed by atoms with Gasteiger partial charge in [0.1, 0.15) is 6.61 Å². The predicted molar refractivity (Wildman–Crippen MR) is 45.0 cm³/mol. The highest BCUT2D eigenvalue weighted by atomic mass is 31.1. The van der Waals surface area contributed by atoms with E-state index in [1.54, 1.807) is 0 Å². The third-order valence-corrected chi connectivity index (χ3v) is 2.06. The van der Waals surface area contributed by atoms with E-state index >= 15 is 0 Å². The van der Waals surface area contributed by atoms with Gasteiger partial charge in [-0.1, -0.05) is 6.08 Å². The van der Waals surface area contributed by atoms with Crippen molar-refractivity contribution in [2.75, 3.05) is 6.61 Å². The maximum Gasteiger partial charge on any atom is 0.553 e. The molecule has 5 heteroatoms. The van der Waals surface area contributed by atoms with Gasteiger partial charge in [-0.25, -0.2) is 0 Å².